The summed E-state index contributed by atoms with van der Waals surface area (Å²) in [4.78, 5) is 14.0. The third kappa shape index (κ3) is 7.16. The third-order valence-electron chi connectivity index (χ3n) is 9.23. The Bertz CT molecular complexity index is 1770. The summed E-state index contributed by atoms with van der Waals surface area (Å²) in [6.45, 7) is 2.25. The summed E-state index contributed by atoms with van der Waals surface area (Å²) in [6, 6.07) is 7.38. The highest BCUT2D eigenvalue weighted by molar-refractivity contribution is 5.88. The molecule has 52 heavy (non-hydrogen) atoms. The molecule has 286 valence electrons. The van der Waals surface area contributed by atoms with Gasteiger partial charge >= 0.3 is 0 Å². The Morgan fingerprint density at radius 3 is 1.79 bits per heavy atom. The van der Waals surface area contributed by atoms with Crippen LogP contribution in [-0.2, 0) is 18.9 Å². The summed E-state index contributed by atoms with van der Waals surface area (Å²) in [6.07, 6.45) is -23.5. The zero-order valence-corrected chi connectivity index (χ0v) is 27.5. The Hall–Kier alpha value is -3.67. The van der Waals surface area contributed by atoms with E-state index < -0.39 is 121 Å². The average Bonchev–Trinajstić information content (AvgIpc) is 3.11. The van der Waals surface area contributed by atoms with Crippen molar-refractivity contribution in [2.45, 2.75) is 106 Å². The van der Waals surface area contributed by atoms with Crippen LogP contribution < -0.4 is 14.9 Å². The second-order valence-corrected chi connectivity index (χ2v) is 12.9. The van der Waals surface area contributed by atoms with E-state index in [0.717, 1.165) is 6.07 Å². The van der Waals surface area contributed by atoms with Crippen LogP contribution in [0.4, 0.5) is 0 Å². The number of hydrogen-bond donors (Lipinski definition) is 11. The maximum absolute atomic E-state index is 14.0. The van der Waals surface area contributed by atoms with Crippen molar-refractivity contribution in [2.75, 3.05) is 6.61 Å². The molecule has 1 aromatic heterocycles. The summed E-state index contributed by atoms with van der Waals surface area (Å²) >= 11 is 0. The lowest BCUT2D eigenvalue weighted by Gasteiger charge is -2.42. The molecule has 19 nitrogen and oxygen atoms in total. The van der Waals surface area contributed by atoms with E-state index in [4.69, 9.17) is 32.8 Å². The van der Waals surface area contributed by atoms with Crippen LogP contribution in [-0.4, -0.2) is 155 Å². The zero-order valence-electron chi connectivity index (χ0n) is 27.5. The minimum atomic E-state index is -1.98. The topological polar surface area (TPSA) is 308 Å². The molecule has 0 unspecified atom stereocenters. The minimum absolute atomic E-state index is 0.138. The Kier molecular flexibility index (Phi) is 11.0. The monoisotopic (exact) mass is 740 g/mol. The third-order valence-corrected chi connectivity index (χ3v) is 9.23. The summed E-state index contributed by atoms with van der Waals surface area (Å²) in [5.41, 5.74) is -1.16. The fraction of sp³-hybridized carbons (Fsp3) is 0.545. The largest absolute Gasteiger partial charge is 0.508 e. The van der Waals surface area contributed by atoms with Crippen molar-refractivity contribution < 1.29 is 89.0 Å². The predicted molar refractivity (Wildman–Crippen MR) is 170 cm³/mol. The van der Waals surface area contributed by atoms with Gasteiger partial charge < -0.3 is 89.0 Å². The Labute approximate surface area is 293 Å². The molecule has 4 heterocycles. The van der Waals surface area contributed by atoms with Gasteiger partial charge in [-0.05, 0) is 38.1 Å². The molecule has 3 aliphatic heterocycles. The maximum Gasteiger partial charge on any atom is 0.239 e. The molecule has 0 radical (unpaired) electrons. The summed E-state index contributed by atoms with van der Waals surface area (Å²) in [7, 11) is 0. The number of phenols is 2. The van der Waals surface area contributed by atoms with Crippen molar-refractivity contribution in [3.63, 3.8) is 0 Å². The first-order chi connectivity index (χ1) is 24.6. The quantitative estimate of drug-likeness (QED) is 0.110. The molecular weight excluding hydrogens is 700 g/mol. The highest BCUT2D eigenvalue weighted by Gasteiger charge is 2.48. The Balaban J connectivity index is 1.32. The molecule has 3 aromatic rings. The number of aromatic hydroxyl groups is 2. The van der Waals surface area contributed by atoms with Gasteiger partial charge in [0.1, 0.15) is 89.3 Å². The van der Waals surface area contributed by atoms with Crippen LogP contribution in [0.15, 0.2) is 45.6 Å². The number of phenolic OH excluding ortho intramolecular Hbond substituents is 2. The normalized spacial score (nSPS) is 38.2. The Morgan fingerprint density at radius 1 is 0.635 bits per heavy atom. The maximum atomic E-state index is 14.0. The van der Waals surface area contributed by atoms with Crippen molar-refractivity contribution in [3.8, 4) is 34.3 Å². The number of fused-ring (bicyclic) bond motifs is 1. The van der Waals surface area contributed by atoms with Crippen molar-refractivity contribution >= 4 is 11.0 Å². The van der Waals surface area contributed by atoms with Crippen LogP contribution >= 0.6 is 0 Å². The minimum Gasteiger partial charge on any atom is -0.508 e. The zero-order chi connectivity index (χ0) is 37.8. The molecule has 15 atom stereocenters. The van der Waals surface area contributed by atoms with Gasteiger partial charge in [0.25, 0.3) is 0 Å². The van der Waals surface area contributed by atoms with Gasteiger partial charge in [0, 0.05) is 17.7 Å². The van der Waals surface area contributed by atoms with Crippen LogP contribution in [0.1, 0.15) is 13.8 Å². The van der Waals surface area contributed by atoms with Gasteiger partial charge in [-0.25, -0.2) is 0 Å². The number of ether oxygens (including phenoxy) is 6. The molecule has 0 amide bonds. The van der Waals surface area contributed by atoms with E-state index in [2.05, 4.69) is 0 Å². The number of benzene rings is 2. The average molecular weight is 741 g/mol. The molecule has 3 fully saturated rings. The van der Waals surface area contributed by atoms with Gasteiger partial charge in [0.05, 0.1) is 18.8 Å². The lowest BCUT2D eigenvalue weighted by Crippen LogP contribution is -2.61. The molecule has 19 heteroatoms. The van der Waals surface area contributed by atoms with Gasteiger partial charge in [-0.1, -0.05) is 0 Å². The van der Waals surface area contributed by atoms with Crippen molar-refractivity contribution in [1.82, 2.24) is 0 Å². The van der Waals surface area contributed by atoms with Gasteiger partial charge in [-0.3, -0.25) is 4.79 Å². The van der Waals surface area contributed by atoms with Crippen LogP contribution in [0, 0.1) is 0 Å². The van der Waals surface area contributed by atoms with Crippen molar-refractivity contribution in [1.29, 1.82) is 0 Å². The van der Waals surface area contributed by atoms with Crippen LogP contribution in [0.3, 0.4) is 0 Å². The first kappa shape index (κ1) is 38.1. The summed E-state index contributed by atoms with van der Waals surface area (Å²) < 4.78 is 39.5. The Morgan fingerprint density at radius 2 is 1.17 bits per heavy atom. The molecule has 0 saturated carbocycles. The summed E-state index contributed by atoms with van der Waals surface area (Å²) in [5, 5.41) is 114. The van der Waals surface area contributed by atoms with Crippen LogP contribution in [0.25, 0.3) is 22.3 Å². The fourth-order valence-corrected chi connectivity index (χ4v) is 6.09. The highest BCUT2D eigenvalue weighted by Crippen LogP contribution is 2.38. The van der Waals surface area contributed by atoms with E-state index in [-0.39, 0.29) is 28.4 Å². The number of aliphatic hydroxyl groups is 9. The second-order valence-electron chi connectivity index (χ2n) is 12.9. The first-order valence-corrected chi connectivity index (χ1v) is 16.2. The number of hydrogen-bond acceptors (Lipinski definition) is 19. The second kappa shape index (κ2) is 15.0. The van der Waals surface area contributed by atoms with Crippen LogP contribution in [0.5, 0.6) is 23.0 Å². The molecule has 2 aromatic carbocycles. The van der Waals surface area contributed by atoms with Crippen molar-refractivity contribution in [2.24, 2.45) is 0 Å². The predicted octanol–water partition coefficient (Wildman–Crippen LogP) is -2.89. The van der Waals surface area contributed by atoms with E-state index in [1.165, 1.54) is 44.2 Å². The van der Waals surface area contributed by atoms with E-state index in [9.17, 15) is 61.0 Å². The lowest BCUT2D eigenvalue weighted by atomic mass is 9.98. The number of rotatable bonds is 8. The molecule has 0 aliphatic carbocycles. The smallest absolute Gasteiger partial charge is 0.239 e. The van der Waals surface area contributed by atoms with Gasteiger partial charge in [-0.2, -0.15) is 0 Å². The number of aliphatic hydroxyl groups excluding tert-OH is 9. The van der Waals surface area contributed by atoms with Crippen LogP contribution in [0.2, 0.25) is 0 Å². The molecule has 0 spiro atoms. The molecule has 3 aliphatic rings. The van der Waals surface area contributed by atoms with E-state index >= 15 is 0 Å². The van der Waals surface area contributed by atoms with E-state index in [1.807, 2.05) is 0 Å². The highest BCUT2D eigenvalue weighted by atomic mass is 16.7. The van der Waals surface area contributed by atoms with E-state index in [1.54, 1.807) is 0 Å². The molecule has 11 N–H and O–H groups in total. The molecule has 6 rings (SSSR count). The fourth-order valence-electron chi connectivity index (χ4n) is 6.09. The molecule has 0 bridgehead atoms. The SMILES string of the molecule is C[C@H]1O[C@@H](Oc2cc(O)c3c(=O)c(O[C@H]4O[C@@H](CO[C@@H]5O[C@H](C)[C@@H](O)[C@H](O)[C@H]5O)[C@H](O)[C@@H](O)[C@@H]4O)c(-c4ccc(O)cc4)oc3c2)[C@@H](O)[C@@H](O)[C@@H]1O. The lowest BCUT2D eigenvalue weighted by molar-refractivity contribution is -0.318. The summed E-state index contributed by atoms with van der Waals surface area (Å²) in [5.74, 6) is -2.01. The van der Waals surface area contributed by atoms with Gasteiger partial charge in [0.15, 0.2) is 12.1 Å². The first-order valence-electron chi connectivity index (χ1n) is 16.2. The molecule has 3 saturated heterocycles. The van der Waals surface area contributed by atoms with Gasteiger partial charge in [-0.15, -0.1) is 0 Å². The van der Waals surface area contributed by atoms with E-state index in [0.29, 0.717) is 0 Å². The standard InChI is InChI=1S/C33H40O19/c1-10-19(36)23(40)26(43)31(47-10)46-9-17-21(38)25(42)28(45)33(51-17)52-30-22(39)18-15(35)7-14(49-32-27(44)24(41)20(37)11(2)48-32)8-16(18)50-29(30)12-3-5-13(34)6-4-12/h3-8,10-11,17,19-21,23-28,31-38,40-45H,9H2,1-2H3/t10-,11-,17+,19-,20-,21+,23+,24+,25-,26-,27+,28+,31-,32+,33-/m1/s1. The van der Waals surface area contributed by atoms with Gasteiger partial charge in [0.2, 0.25) is 23.8 Å². The molecular formula is C33H40O19. The van der Waals surface area contributed by atoms with Crippen molar-refractivity contribution in [3.05, 3.63) is 46.6 Å².